The number of carbonyl (C=O) groups excluding carboxylic acids is 1. The molecule has 2 aliphatic heterocycles. The molecule has 1 atom stereocenters. The average Bonchev–Trinajstić information content (AvgIpc) is 3.01. The highest BCUT2D eigenvalue weighted by atomic mass is 32.1. The Morgan fingerprint density at radius 1 is 1.45 bits per heavy atom. The Morgan fingerprint density at radius 2 is 2.25 bits per heavy atom. The van der Waals surface area contributed by atoms with Crippen LogP contribution in [0, 0.1) is 5.92 Å². The van der Waals surface area contributed by atoms with Gasteiger partial charge in [0.15, 0.2) is 5.13 Å². The summed E-state index contributed by atoms with van der Waals surface area (Å²) < 4.78 is 5.42. The first-order chi connectivity index (χ1) is 9.42. The van der Waals surface area contributed by atoms with Gasteiger partial charge in [0.2, 0.25) is 0 Å². The van der Waals surface area contributed by atoms with Gasteiger partial charge in [-0.25, -0.2) is 9.78 Å². The molecule has 0 bridgehead atoms. The molecule has 0 N–H and O–H groups in total. The van der Waals surface area contributed by atoms with Crippen molar-refractivity contribution in [3.8, 4) is 0 Å². The summed E-state index contributed by atoms with van der Waals surface area (Å²) in [5.41, 5.74) is 0.863. The van der Waals surface area contributed by atoms with Crippen LogP contribution in [0.5, 0.6) is 0 Å². The highest BCUT2D eigenvalue weighted by Crippen LogP contribution is 2.33. The number of carbonyl (C=O) groups is 1. The molecule has 1 saturated heterocycles. The maximum absolute atomic E-state index is 12.1. The second-order valence-corrected chi connectivity index (χ2v) is 7.10. The monoisotopic (exact) mass is 293 g/mol. The van der Waals surface area contributed by atoms with Crippen LogP contribution in [0.3, 0.4) is 0 Å². The number of fused-ring (bicyclic) bond motifs is 1. The second kappa shape index (κ2) is 4.77. The standard InChI is InChI=1S/C14H19N3O2S/c1-14(2,3)19-13(18)17-8-10-6-16(7-11(10)9-17)12-15-4-5-20-12/h4-6,11H,7-9H2,1-3H3. The first-order valence-electron chi connectivity index (χ1n) is 6.77. The molecule has 3 heterocycles. The molecule has 0 aliphatic carbocycles. The van der Waals surface area contributed by atoms with Crippen LogP contribution in [0.15, 0.2) is 23.3 Å². The lowest BCUT2D eigenvalue weighted by Gasteiger charge is -2.25. The van der Waals surface area contributed by atoms with Crippen molar-refractivity contribution in [3.63, 3.8) is 0 Å². The van der Waals surface area contributed by atoms with E-state index in [0.717, 1.165) is 18.2 Å². The zero-order valence-corrected chi connectivity index (χ0v) is 12.8. The lowest BCUT2D eigenvalue weighted by molar-refractivity contribution is 0.0291. The van der Waals surface area contributed by atoms with E-state index in [-0.39, 0.29) is 6.09 Å². The molecule has 1 aromatic rings. The minimum Gasteiger partial charge on any atom is -0.444 e. The van der Waals surface area contributed by atoms with Gasteiger partial charge >= 0.3 is 6.09 Å². The van der Waals surface area contributed by atoms with E-state index in [1.54, 1.807) is 16.2 Å². The molecule has 1 aromatic heterocycles. The van der Waals surface area contributed by atoms with Crippen molar-refractivity contribution >= 4 is 22.6 Å². The maximum atomic E-state index is 12.1. The molecule has 1 unspecified atom stereocenters. The average molecular weight is 293 g/mol. The van der Waals surface area contributed by atoms with E-state index in [2.05, 4.69) is 16.1 Å². The van der Waals surface area contributed by atoms with Crippen molar-refractivity contribution in [1.29, 1.82) is 0 Å². The summed E-state index contributed by atoms with van der Waals surface area (Å²) in [4.78, 5) is 20.3. The summed E-state index contributed by atoms with van der Waals surface area (Å²) in [6.45, 7) is 7.99. The number of amides is 1. The SMILES string of the molecule is CC(C)(C)OC(=O)N1CC2=CN(c3nccs3)CC2C1. The van der Waals surface area contributed by atoms with Crippen molar-refractivity contribution < 1.29 is 9.53 Å². The Bertz CT molecular complexity index is 533. The Morgan fingerprint density at radius 3 is 2.85 bits per heavy atom. The number of ether oxygens (including phenoxy) is 1. The molecule has 0 saturated carbocycles. The molecule has 0 spiro atoms. The summed E-state index contributed by atoms with van der Waals surface area (Å²) in [5.74, 6) is 0.409. The van der Waals surface area contributed by atoms with Gasteiger partial charge in [-0.1, -0.05) is 0 Å². The number of nitrogens with zero attached hydrogens (tertiary/aromatic N) is 3. The number of rotatable bonds is 1. The zero-order chi connectivity index (χ0) is 14.3. The van der Waals surface area contributed by atoms with E-state index in [9.17, 15) is 4.79 Å². The molecule has 0 radical (unpaired) electrons. The van der Waals surface area contributed by atoms with E-state index in [4.69, 9.17) is 4.74 Å². The van der Waals surface area contributed by atoms with Gasteiger partial charge < -0.3 is 14.5 Å². The van der Waals surface area contributed by atoms with Gasteiger partial charge in [0.25, 0.3) is 0 Å². The molecule has 0 aromatic carbocycles. The van der Waals surface area contributed by atoms with E-state index in [1.807, 2.05) is 32.3 Å². The molecule has 1 fully saturated rings. The van der Waals surface area contributed by atoms with Crippen molar-refractivity contribution in [2.75, 3.05) is 24.5 Å². The van der Waals surface area contributed by atoms with Gasteiger partial charge in [-0.05, 0) is 26.3 Å². The van der Waals surface area contributed by atoms with E-state index in [0.29, 0.717) is 12.5 Å². The summed E-state index contributed by atoms with van der Waals surface area (Å²) >= 11 is 1.64. The smallest absolute Gasteiger partial charge is 0.410 e. The van der Waals surface area contributed by atoms with Gasteiger partial charge in [-0.2, -0.15) is 0 Å². The van der Waals surface area contributed by atoms with Crippen LogP contribution in [0.1, 0.15) is 20.8 Å². The summed E-state index contributed by atoms with van der Waals surface area (Å²) in [7, 11) is 0. The number of thiazole rings is 1. The fourth-order valence-electron chi connectivity index (χ4n) is 2.57. The fourth-order valence-corrected chi connectivity index (χ4v) is 3.19. The number of aromatic nitrogens is 1. The number of anilines is 1. The third kappa shape index (κ3) is 2.65. The van der Waals surface area contributed by atoms with Crippen molar-refractivity contribution in [1.82, 2.24) is 9.88 Å². The minimum atomic E-state index is -0.434. The van der Waals surface area contributed by atoms with Gasteiger partial charge in [0.05, 0.1) is 0 Å². The normalized spacial score (nSPS) is 21.9. The largest absolute Gasteiger partial charge is 0.444 e. The third-order valence-electron chi connectivity index (χ3n) is 3.39. The van der Waals surface area contributed by atoms with Crippen LogP contribution in [0.2, 0.25) is 0 Å². The highest BCUT2D eigenvalue weighted by molar-refractivity contribution is 7.13. The maximum Gasteiger partial charge on any atom is 0.410 e. The summed E-state index contributed by atoms with van der Waals surface area (Å²) in [6.07, 6.45) is 3.74. The Hall–Kier alpha value is -1.56. The van der Waals surface area contributed by atoms with Crippen molar-refractivity contribution in [3.05, 3.63) is 23.3 Å². The number of hydrogen-bond donors (Lipinski definition) is 0. The molecular weight excluding hydrogens is 274 g/mol. The predicted octanol–water partition coefficient (Wildman–Crippen LogP) is 2.71. The predicted molar refractivity (Wildman–Crippen MR) is 78.8 cm³/mol. The molecule has 2 aliphatic rings. The molecule has 1 amide bonds. The second-order valence-electron chi connectivity index (χ2n) is 6.23. The summed E-state index contributed by atoms with van der Waals surface area (Å²) in [6, 6.07) is 0. The zero-order valence-electron chi connectivity index (χ0n) is 12.0. The van der Waals surface area contributed by atoms with Crippen LogP contribution in [-0.2, 0) is 4.74 Å². The van der Waals surface area contributed by atoms with Gasteiger partial charge in [-0.15, -0.1) is 11.3 Å². The Kier molecular flexibility index (Phi) is 3.20. The third-order valence-corrected chi connectivity index (χ3v) is 4.20. The molecular formula is C14H19N3O2S. The van der Waals surface area contributed by atoms with Gasteiger partial charge in [0, 0.05) is 43.3 Å². The Balaban J connectivity index is 1.64. The van der Waals surface area contributed by atoms with Gasteiger partial charge in [0.1, 0.15) is 5.60 Å². The van der Waals surface area contributed by atoms with Crippen LogP contribution in [0.4, 0.5) is 9.93 Å². The Labute approximate surface area is 122 Å². The van der Waals surface area contributed by atoms with Gasteiger partial charge in [-0.3, -0.25) is 0 Å². The molecule has 108 valence electrons. The van der Waals surface area contributed by atoms with E-state index >= 15 is 0 Å². The molecule has 6 heteroatoms. The van der Waals surface area contributed by atoms with Crippen LogP contribution < -0.4 is 4.90 Å². The minimum absolute atomic E-state index is 0.214. The van der Waals surface area contributed by atoms with Crippen LogP contribution in [-0.4, -0.2) is 41.2 Å². The first kappa shape index (κ1) is 13.4. The number of likely N-dealkylation sites (tertiary alicyclic amines) is 1. The lowest BCUT2D eigenvalue weighted by Crippen LogP contribution is -2.36. The fraction of sp³-hybridized carbons (Fsp3) is 0.571. The van der Waals surface area contributed by atoms with E-state index in [1.165, 1.54) is 5.57 Å². The quantitative estimate of drug-likeness (QED) is 0.798. The van der Waals surface area contributed by atoms with Crippen LogP contribution >= 0.6 is 11.3 Å². The first-order valence-corrected chi connectivity index (χ1v) is 7.65. The molecule has 3 rings (SSSR count). The highest BCUT2D eigenvalue weighted by Gasteiger charge is 2.37. The summed E-state index contributed by atoms with van der Waals surface area (Å²) in [5, 5.41) is 3.00. The lowest BCUT2D eigenvalue weighted by atomic mass is 10.1. The van der Waals surface area contributed by atoms with Crippen molar-refractivity contribution in [2.45, 2.75) is 26.4 Å². The van der Waals surface area contributed by atoms with E-state index < -0.39 is 5.60 Å². The van der Waals surface area contributed by atoms with Crippen molar-refractivity contribution in [2.24, 2.45) is 5.92 Å². The number of hydrogen-bond acceptors (Lipinski definition) is 5. The van der Waals surface area contributed by atoms with Crippen LogP contribution in [0.25, 0.3) is 0 Å². The topological polar surface area (TPSA) is 45.7 Å². The molecule has 20 heavy (non-hydrogen) atoms. The molecule has 5 nitrogen and oxygen atoms in total.